The topological polar surface area (TPSA) is 66.4 Å². The Labute approximate surface area is 90.0 Å². The van der Waals surface area contributed by atoms with Crippen molar-refractivity contribution < 1.29 is 14.7 Å². The summed E-state index contributed by atoms with van der Waals surface area (Å²) >= 11 is 0. The summed E-state index contributed by atoms with van der Waals surface area (Å²) in [6, 6.07) is 0. The molecule has 86 valence electrons. The van der Waals surface area contributed by atoms with E-state index in [0.29, 0.717) is 18.9 Å². The van der Waals surface area contributed by atoms with Crippen LogP contribution < -0.4 is 5.32 Å². The fourth-order valence-corrected chi connectivity index (χ4v) is 2.05. The van der Waals surface area contributed by atoms with Crippen molar-refractivity contribution in [3.63, 3.8) is 0 Å². The molecule has 1 aliphatic rings. The zero-order valence-electron chi connectivity index (χ0n) is 9.16. The number of amides is 1. The maximum Gasteiger partial charge on any atom is 0.316 e. The van der Waals surface area contributed by atoms with Gasteiger partial charge >= 0.3 is 5.97 Å². The highest BCUT2D eigenvalue weighted by Crippen LogP contribution is 2.23. The minimum atomic E-state index is -1.03. The van der Waals surface area contributed by atoms with E-state index in [4.69, 9.17) is 5.11 Å². The quantitative estimate of drug-likeness (QED) is 0.678. The van der Waals surface area contributed by atoms with Crippen LogP contribution in [0.4, 0.5) is 0 Å². The molecular formula is C11H19NO3. The number of aliphatic carboxylic acids is 1. The van der Waals surface area contributed by atoms with Gasteiger partial charge in [-0.05, 0) is 25.2 Å². The number of hydrogen-bond donors (Lipinski definition) is 2. The standard InChI is InChI=1S/C11H19NO3/c1-2-9(11(14)15)10(13)12-7-8-5-3-4-6-8/h8-9H,2-7H2,1H3,(H,12,13)(H,14,15). The van der Waals surface area contributed by atoms with E-state index in [0.717, 1.165) is 12.8 Å². The van der Waals surface area contributed by atoms with Gasteiger partial charge < -0.3 is 10.4 Å². The summed E-state index contributed by atoms with van der Waals surface area (Å²) in [4.78, 5) is 22.2. The van der Waals surface area contributed by atoms with Crippen LogP contribution in [-0.2, 0) is 9.59 Å². The third-order valence-corrected chi connectivity index (χ3v) is 3.06. The molecule has 0 radical (unpaired) electrons. The van der Waals surface area contributed by atoms with Crippen molar-refractivity contribution >= 4 is 11.9 Å². The molecule has 1 amide bonds. The molecule has 15 heavy (non-hydrogen) atoms. The molecule has 0 aromatic heterocycles. The lowest BCUT2D eigenvalue weighted by Crippen LogP contribution is -2.37. The molecule has 1 rings (SSSR count). The molecule has 0 spiro atoms. The SMILES string of the molecule is CCC(C(=O)O)C(=O)NCC1CCCC1. The van der Waals surface area contributed by atoms with Crippen LogP contribution in [0.3, 0.4) is 0 Å². The van der Waals surface area contributed by atoms with Crippen LogP contribution in [0, 0.1) is 11.8 Å². The van der Waals surface area contributed by atoms with Crippen molar-refractivity contribution in [1.29, 1.82) is 0 Å². The minimum absolute atomic E-state index is 0.336. The number of carboxylic acid groups (broad SMARTS) is 1. The van der Waals surface area contributed by atoms with E-state index in [1.807, 2.05) is 0 Å². The van der Waals surface area contributed by atoms with Crippen molar-refractivity contribution in [1.82, 2.24) is 5.32 Å². The molecule has 4 nitrogen and oxygen atoms in total. The van der Waals surface area contributed by atoms with Crippen LogP contribution in [0.5, 0.6) is 0 Å². The zero-order valence-corrected chi connectivity index (χ0v) is 9.16. The molecular weight excluding hydrogens is 194 g/mol. The van der Waals surface area contributed by atoms with E-state index in [2.05, 4.69) is 5.32 Å². The molecule has 2 N–H and O–H groups in total. The van der Waals surface area contributed by atoms with Gasteiger partial charge in [0.15, 0.2) is 0 Å². The van der Waals surface area contributed by atoms with Crippen molar-refractivity contribution in [2.75, 3.05) is 6.54 Å². The van der Waals surface area contributed by atoms with Gasteiger partial charge in [-0.15, -0.1) is 0 Å². The maximum absolute atomic E-state index is 11.5. The fraction of sp³-hybridized carbons (Fsp3) is 0.818. The Morgan fingerprint density at radius 2 is 2.00 bits per heavy atom. The molecule has 0 aliphatic heterocycles. The van der Waals surface area contributed by atoms with E-state index >= 15 is 0 Å². The lowest BCUT2D eigenvalue weighted by Gasteiger charge is -2.13. The fourth-order valence-electron chi connectivity index (χ4n) is 2.05. The largest absolute Gasteiger partial charge is 0.481 e. The van der Waals surface area contributed by atoms with Crippen LogP contribution in [0.2, 0.25) is 0 Å². The number of hydrogen-bond acceptors (Lipinski definition) is 2. The molecule has 0 aromatic carbocycles. The first-order valence-corrected chi connectivity index (χ1v) is 5.65. The van der Waals surface area contributed by atoms with Crippen LogP contribution in [-0.4, -0.2) is 23.5 Å². The number of rotatable bonds is 5. The van der Waals surface area contributed by atoms with Gasteiger partial charge in [0.25, 0.3) is 0 Å². The van der Waals surface area contributed by atoms with Gasteiger partial charge in [0.05, 0.1) is 0 Å². The van der Waals surface area contributed by atoms with Crippen molar-refractivity contribution in [2.24, 2.45) is 11.8 Å². The van der Waals surface area contributed by atoms with Gasteiger partial charge in [0, 0.05) is 6.54 Å². The predicted octanol–water partition coefficient (Wildman–Crippen LogP) is 1.40. The lowest BCUT2D eigenvalue weighted by atomic mass is 10.0. The van der Waals surface area contributed by atoms with Crippen LogP contribution in [0.1, 0.15) is 39.0 Å². The molecule has 4 heteroatoms. The van der Waals surface area contributed by atoms with Crippen LogP contribution in [0.25, 0.3) is 0 Å². The molecule has 0 saturated heterocycles. The summed E-state index contributed by atoms with van der Waals surface area (Å²) in [6.45, 7) is 2.36. The molecule has 0 bridgehead atoms. The summed E-state index contributed by atoms with van der Waals surface area (Å²) < 4.78 is 0. The van der Waals surface area contributed by atoms with E-state index in [1.165, 1.54) is 12.8 Å². The van der Waals surface area contributed by atoms with Gasteiger partial charge in [-0.1, -0.05) is 19.8 Å². The average Bonchev–Trinajstić information content (AvgIpc) is 2.67. The highest BCUT2D eigenvalue weighted by molar-refractivity contribution is 5.96. The third-order valence-electron chi connectivity index (χ3n) is 3.06. The van der Waals surface area contributed by atoms with E-state index in [9.17, 15) is 9.59 Å². The van der Waals surface area contributed by atoms with Gasteiger partial charge in [0.2, 0.25) is 5.91 Å². The summed E-state index contributed by atoms with van der Waals surface area (Å²) in [5.74, 6) is -1.69. The van der Waals surface area contributed by atoms with E-state index in [1.54, 1.807) is 6.92 Å². The maximum atomic E-state index is 11.5. The number of nitrogens with one attached hydrogen (secondary N) is 1. The molecule has 1 atom stereocenters. The highest BCUT2D eigenvalue weighted by Gasteiger charge is 2.25. The molecule has 0 heterocycles. The Morgan fingerprint density at radius 1 is 1.40 bits per heavy atom. The molecule has 0 aromatic rings. The smallest absolute Gasteiger partial charge is 0.316 e. The Hall–Kier alpha value is -1.06. The summed E-state index contributed by atoms with van der Waals surface area (Å²) in [5, 5.41) is 11.5. The Bertz CT molecular complexity index is 234. The van der Waals surface area contributed by atoms with Gasteiger partial charge in [0.1, 0.15) is 5.92 Å². The second-order valence-electron chi connectivity index (χ2n) is 4.19. The lowest BCUT2D eigenvalue weighted by molar-refractivity contribution is -0.147. The van der Waals surface area contributed by atoms with Gasteiger partial charge in [-0.3, -0.25) is 9.59 Å². The number of carbonyl (C=O) groups is 2. The normalized spacial score (nSPS) is 18.7. The Morgan fingerprint density at radius 3 is 2.47 bits per heavy atom. The molecule has 1 unspecified atom stereocenters. The average molecular weight is 213 g/mol. The minimum Gasteiger partial charge on any atom is -0.481 e. The van der Waals surface area contributed by atoms with Crippen LogP contribution in [0.15, 0.2) is 0 Å². The van der Waals surface area contributed by atoms with Crippen molar-refractivity contribution in [3.8, 4) is 0 Å². The second-order valence-corrected chi connectivity index (χ2v) is 4.19. The third kappa shape index (κ3) is 3.53. The predicted molar refractivity (Wildman–Crippen MR) is 56.4 cm³/mol. The van der Waals surface area contributed by atoms with Crippen molar-refractivity contribution in [2.45, 2.75) is 39.0 Å². The monoisotopic (exact) mass is 213 g/mol. The first-order valence-electron chi connectivity index (χ1n) is 5.65. The first-order chi connectivity index (χ1) is 7.15. The first kappa shape index (κ1) is 12.0. The number of carboxylic acids is 1. The Balaban J connectivity index is 2.30. The highest BCUT2D eigenvalue weighted by atomic mass is 16.4. The molecule has 1 fully saturated rings. The zero-order chi connectivity index (χ0) is 11.3. The molecule has 1 aliphatic carbocycles. The van der Waals surface area contributed by atoms with E-state index in [-0.39, 0.29) is 5.91 Å². The summed E-state index contributed by atoms with van der Waals surface area (Å²) in [6.07, 6.45) is 5.13. The summed E-state index contributed by atoms with van der Waals surface area (Å²) in [5.41, 5.74) is 0. The second kappa shape index (κ2) is 5.73. The summed E-state index contributed by atoms with van der Waals surface area (Å²) in [7, 11) is 0. The molecule has 1 saturated carbocycles. The number of carbonyl (C=O) groups excluding carboxylic acids is 1. The van der Waals surface area contributed by atoms with E-state index < -0.39 is 11.9 Å². The van der Waals surface area contributed by atoms with Crippen molar-refractivity contribution in [3.05, 3.63) is 0 Å². The van der Waals surface area contributed by atoms with Gasteiger partial charge in [-0.2, -0.15) is 0 Å². The van der Waals surface area contributed by atoms with Crippen LogP contribution >= 0.6 is 0 Å². The van der Waals surface area contributed by atoms with Gasteiger partial charge in [-0.25, -0.2) is 0 Å². The Kier molecular flexibility index (Phi) is 4.59.